The summed E-state index contributed by atoms with van der Waals surface area (Å²) in [6.07, 6.45) is 8.01. The maximum Gasteiger partial charge on any atom is 0.137 e. The third kappa shape index (κ3) is 5.67. The summed E-state index contributed by atoms with van der Waals surface area (Å²) >= 11 is 5.96. The molecule has 5 heteroatoms. The minimum Gasteiger partial charge on any atom is -0.492 e. The SMILES string of the molecule is CCc1c(C)ncc(-c2ccc(OCCc3ccc(Cl)cc3)cn2)c1N1CCC(C)(C)CC1. The van der Waals surface area contributed by atoms with Gasteiger partial charge in [-0.3, -0.25) is 9.97 Å². The predicted octanol–water partition coefficient (Wildman–Crippen LogP) is 6.92. The van der Waals surface area contributed by atoms with Gasteiger partial charge in [-0.2, -0.15) is 0 Å². The first-order valence-electron chi connectivity index (χ1n) is 11.9. The zero-order chi connectivity index (χ0) is 23.4. The summed E-state index contributed by atoms with van der Waals surface area (Å²) in [4.78, 5) is 12.0. The van der Waals surface area contributed by atoms with Crippen molar-refractivity contribution in [2.45, 2.75) is 53.4 Å². The fourth-order valence-corrected chi connectivity index (χ4v) is 4.63. The Kier molecular flexibility index (Phi) is 7.23. The molecular weight excluding hydrogens is 430 g/mol. The molecule has 0 amide bonds. The van der Waals surface area contributed by atoms with E-state index < -0.39 is 0 Å². The minimum absolute atomic E-state index is 0.411. The lowest BCUT2D eigenvalue weighted by molar-refractivity contribution is 0.279. The molecule has 4 rings (SSSR count). The van der Waals surface area contributed by atoms with E-state index in [9.17, 15) is 0 Å². The van der Waals surface area contributed by atoms with Crippen molar-refractivity contribution in [1.29, 1.82) is 0 Å². The van der Waals surface area contributed by atoms with E-state index in [1.54, 1.807) is 0 Å². The van der Waals surface area contributed by atoms with Crippen molar-refractivity contribution in [3.05, 3.63) is 70.6 Å². The van der Waals surface area contributed by atoms with Crippen LogP contribution in [0.25, 0.3) is 11.3 Å². The number of benzene rings is 1. The van der Waals surface area contributed by atoms with Gasteiger partial charge in [0.15, 0.2) is 0 Å². The highest BCUT2D eigenvalue weighted by Gasteiger charge is 2.28. The van der Waals surface area contributed by atoms with Gasteiger partial charge in [-0.05, 0) is 67.0 Å². The third-order valence-corrected chi connectivity index (χ3v) is 6.99. The highest BCUT2D eigenvalue weighted by atomic mass is 35.5. The molecular formula is C28H34ClN3O. The number of rotatable bonds is 7. The van der Waals surface area contributed by atoms with Crippen LogP contribution in [0.3, 0.4) is 0 Å². The van der Waals surface area contributed by atoms with Crippen molar-refractivity contribution < 1.29 is 4.74 Å². The lowest BCUT2D eigenvalue weighted by atomic mass is 9.82. The van der Waals surface area contributed by atoms with Gasteiger partial charge >= 0.3 is 0 Å². The van der Waals surface area contributed by atoms with Gasteiger partial charge in [0.05, 0.1) is 24.2 Å². The summed E-state index contributed by atoms with van der Waals surface area (Å²) < 4.78 is 5.94. The largest absolute Gasteiger partial charge is 0.492 e. The van der Waals surface area contributed by atoms with Gasteiger partial charge in [0.25, 0.3) is 0 Å². The van der Waals surface area contributed by atoms with Crippen LogP contribution in [0.15, 0.2) is 48.8 Å². The minimum atomic E-state index is 0.411. The highest BCUT2D eigenvalue weighted by molar-refractivity contribution is 6.30. The standard InChI is InChI=1S/C28H34ClN3O/c1-5-24-20(2)30-19-25(27(24)32-15-13-28(3,4)14-16-32)26-11-10-23(18-31-26)33-17-12-21-6-8-22(29)9-7-21/h6-11,18-19H,5,12-17H2,1-4H3. The second-order valence-electron chi connectivity index (χ2n) is 9.69. The molecule has 3 aromatic rings. The number of aryl methyl sites for hydroxylation is 1. The lowest BCUT2D eigenvalue weighted by Gasteiger charge is -2.40. The molecule has 0 bridgehead atoms. The monoisotopic (exact) mass is 463 g/mol. The molecule has 1 aliphatic heterocycles. The number of hydrogen-bond acceptors (Lipinski definition) is 4. The molecule has 0 N–H and O–H groups in total. The molecule has 33 heavy (non-hydrogen) atoms. The van der Waals surface area contributed by atoms with Crippen LogP contribution in [-0.4, -0.2) is 29.7 Å². The Hall–Kier alpha value is -2.59. The zero-order valence-corrected chi connectivity index (χ0v) is 21.0. The Balaban J connectivity index is 1.51. The van der Waals surface area contributed by atoms with Crippen molar-refractivity contribution in [3.63, 3.8) is 0 Å². The van der Waals surface area contributed by atoms with E-state index in [1.165, 1.54) is 29.7 Å². The van der Waals surface area contributed by atoms with E-state index in [2.05, 4.69) is 38.7 Å². The average Bonchev–Trinajstić information content (AvgIpc) is 2.81. The molecule has 1 aliphatic rings. The number of piperidine rings is 1. The van der Waals surface area contributed by atoms with Crippen LogP contribution in [0, 0.1) is 12.3 Å². The molecule has 3 heterocycles. The van der Waals surface area contributed by atoms with Crippen LogP contribution in [0.5, 0.6) is 5.75 Å². The number of ether oxygens (including phenoxy) is 1. The van der Waals surface area contributed by atoms with Crippen molar-refractivity contribution >= 4 is 17.3 Å². The van der Waals surface area contributed by atoms with E-state index in [4.69, 9.17) is 26.3 Å². The maximum atomic E-state index is 5.96. The van der Waals surface area contributed by atoms with E-state index in [1.807, 2.05) is 42.7 Å². The number of anilines is 1. The first-order valence-corrected chi connectivity index (χ1v) is 12.3. The van der Waals surface area contributed by atoms with E-state index in [-0.39, 0.29) is 0 Å². The van der Waals surface area contributed by atoms with E-state index in [0.29, 0.717) is 12.0 Å². The Bertz CT molecular complexity index is 1070. The van der Waals surface area contributed by atoms with E-state index in [0.717, 1.165) is 53.7 Å². The van der Waals surface area contributed by atoms with Crippen LogP contribution >= 0.6 is 11.6 Å². The number of halogens is 1. The molecule has 1 fully saturated rings. The number of hydrogen-bond donors (Lipinski definition) is 0. The molecule has 0 radical (unpaired) electrons. The van der Waals surface area contributed by atoms with Crippen molar-refractivity contribution in [2.24, 2.45) is 5.41 Å². The molecule has 0 spiro atoms. The average molecular weight is 464 g/mol. The normalized spacial score (nSPS) is 15.5. The maximum absolute atomic E-state index is 5.96. The van der Waals surface area contributed by atoms with Crippen molar-refractivity contribution in [3.8, 4) is 17.0 Å². The van der Waals surface area contributed by atoms with Crippen LogP contribution < -0.4 is 9.64 Å². The van der Waals surface area contributed by atoms with Gasteiger partial charge in [0.1, 0.15) is 5.75 Å². The Morgan fingerprint density at radius 2 is 1.73 bits per heavy atom. The molecule has 0 saturated carbocycles. The number of aromatic nitrogens is 2. The fraction of sp³-hybridized carbons (Fsp3) is 0.429. The predicted molar refractivity (Wildman–Crippen MR) is 137 cm³/mol. The first kappa shape index (κ1) is 23.6. The van der Waals surface area contributed by atoms with Gasteiger partial charge in [0, 0.05) is 42.0 Å². The Morgan fingerprint density at radius 1 is 1.00 bits per heavy atom. The summed E-state index contributed by atoms with van der Waals surface area (Å²) in [6, 6.07) is 12.0. The molecule has 4 nitrogen and oxygen atoms in total. The number of pyridine rings is 2. The number of nitrogens with zero attached hydrogens (tertiary/aromatic N) is 3. The molecule has 0 atom stereocenters. The molecule has 174 valence electrons. The van der Waals surface area contributed by atoms with Crippen LogP contribution in [0.2, 0.25) is 5.02 Å². The van der Waals surface area contributed by atoms with Crippen LogP contribution in [0.1, 0.15) is 50.4 Å². The van der Waals surface area contributed by atoms with Crippen molar-refractivity contribution in [2.75, 3.05) is 24.6 Å². The van der Waals surface area contributed by atoms with Gasteiger partial charge < -0.3 is 9.64 Å². The third-order valence-electron chi connectivity index (χ3n) is 6.74. The van der Waals surface area contributed by atoms with Gasteiger partial charge in [-0.25, -0.2) is 0 Å². The van der Waals surface area contributed by atoms with Crippen molar-refractivity contribution in [1.82, 2.24) is 9.97 Å². The molecule has 1 aromatic carbocycles. The van der Waals surface area contributed by atoms with E-state index >= 15 is 0 Å². The summed E-state index contributed by atoms with van der Waals surface area (Å²) in [5, 5.41) is 0.754. The smallest absolute Gasteiger partial charge is 0.137 e. The van der Waals surface area contributed by atoms with Gasteiger partial charge in [-0.1, -0.05) is 44.5 Å². The summed E-state index contributed by atoms with van der Waals surface area (Å²) in [6.45, 7) is 11.8. The Labute approximate surface area is 203 Å². The second kappa shape index (κ2) is 10.1. The fourth-order valence-electron chi connectivity index (χ4n) is 4.50. The highest BCUT2D eigenvalue weighted by Crippen LogP contribution is 2.39. The summed E-state index contributed by atoms with van der Waals surface area (Å²) in [5.41, 5.74) is 7.43. The first-order chi connectivity index (χ1) is 15.9. The topological polar surface area (TPSA) is 38.3 Å². The van der Waals surface area contributed by atoms with Gasteiger partial charge in [0.2, 0.25) is 0 Å². The summed E-state index contributed by atoms with van der Waals surface area (Å²) in [7, 11) is 0. The molecule has 1 saturated heterocycles. The van der Waals surface area contributed by atoms with Gasteiger partial charge in [-0.15, -0.1) is 0 Å². The van der Waals surface area contributed by atoms with Crippen LogP contribution in [-0.2, 0) is 12.8 Å². The molecule has 0 unspecified atom stereocenters. The zero-order valence-electron chi connectivity index (χ0n) is 20.2. The van der Waals surface area contributed by atoms with Crippen LogP contribution in [0.4, 0.5) is 5.69 Å². The summed E-state index contributed by atoms with van der Waals surface area (Å²) in [5.74, 6) is 0.782. The molecule has 2 aromatic heterocycles. The lowest BCUT2D eigenvalue weighted by Crippen LogP contribution is -2.38. The molecule has 0 aliphatic carbocycles. The Morgan fingerprint density at radius 3 is 2.36 bits per heavy atom. The quantitative estimate of drug-likeness (QED) is 0.381. The second-order valence-corrected chi connectivity index (χ2v) is 10.1.